The predicted octanol–water partition coefficient (Wildman–Crippen LogP) is 3.80. The third kappa shape index (κ3) is 3.87. The summed E-state index contributed by atoms with van der Waals surface area (Å²) in [5, 5.41) is 10.7. The summed E-state index contributed by atoms with van der Waals surface area (Å²) < 4.78 is 25.8. The van der Waals surface area contributed by atoms with E-state index in [9.17, 15) is 27.9 Å². The third-order valence-electron chi connectivity index (χ3n) is 4.79. The van der Waals surface area contributed by atoms with E-state index in [2.05, 4.69) is 0 Å². The van der Waals surface area contributed by atoms with Gasteiger partial charge in [-0.3, -0.25) is 9.59 Å². The number of sulfone groups is 1. The summed E-state index contributed by atoms with van der Waals surface area (Å²) in [6.45, 7) is 0. The summed E-state index contributed by atoms with van der Waals surface area (Å²) >= 11 is 7.24. The number of amides is 2. The quantitative estimate of drug-likeness (QED) is 0.562. The molecular formula is C21H14ClNO6S2. The smallest absolute Gasteiger partial charge is 0.337 e. The number of imide groups is 1. The third-order valence-corrected chi connectivity index (χ3v) is 7.78. The van der Waals surface area contributed by atoms with E-state index in [1.54, 1.807) is 30.3 Å². The number of carboxylic acid groups (broad SMARTS) is 1. The molecule has 0 saturated heterocycles. The highest BCUT2D eigenvalue weighted by Crippen LogP contribution is 2.36. The second-order valence-electron chi connectivity index (χ2n) is 6.82. The van der Waals surface area contributed by atoms with Gasteiger partial charge in [0.2, 0.25) is 5.91 Å². The van der Waals surface area contributed by atoms with Crippen molar-refractivity contribution < 1.29 is 27.9 Å². The molecule has 1 N–H and O–H groups in total. The van der Waals surface area contributed by atoms with Crippen molar-refractivity contribution in [3.05, 3.63) is 80.5 Å². The maximum Gasteiger partial charge on any atom is 0.337 e. The van der Waals surface area contributed by atoms with Gasteiger partial charge in [-0.15, -0.1) is 11.3 Å². The van der Waals surface area contributed by atoms with Gasteiger partial charge in [-0.25, -0.2) is 18.1 Å². The summed E-state index contributed by atoms with van der Waals surface area (Å²) in [5.74, 6) is -3.01. The molecule has 0 radical (unpaired) electrons. The van der Waals surface area contributed by atoms with Gasteiger partial charge in [0.1, 0.15) is 0 Å². The van der Waals surface area contributed by atoms with Crippen LogP contribution in [0.15, 0.2) is 58.8 Å². The van der Waals surface area contributed by atoms with Crippen molar-refractivity contribution in [1.82, 2.24) is 0 Å². The number of nitrogens with zero attached hydrogens (tertiary/aromatic N) is 1. The Kier molecular flexibility index (Phi) is 5.42. The zero-order valence-corrected chi connectivity index (χ0v) is 18.1. The van der Waals surface area contributed by atoms with E-state index in [0.717, 1.165) is 16.2 Å². The van der Waals surface area contributed by atoms with Gasteiger partial charge in [0, 0.05) is 10.3 Å². The first-order valence-corrected chi connectivity index (χ1v) is 11.9. The number of anilines is 1. The summed E-state index contributed by atoms with van der Waals surface area (Å²) in [7, 11) is -3.80. The normalized spacial score (nSPS) is 13.9. The van der Waals surface area contributed by atoms with Crippen molar-refractivity contribution in [1.29, 1.82) is 0 Å². The molecule has 2 amide bonds. The van der Waals surface area contributed by atoms with Gasteiger partial charge >= 0.3 is 5.97 Å². The van der Waals surface area contributed by atoms with E-state index in [4.69, 9.17) is 11.6 Å². The van der Waals surface area contributed by atoms with Crippen LogP contribution >= 0.6 is 22.9 Å². The number of carbonyl (C=O) groups is 3. The second kappa shape index (κ2) is 7.92. The molecule has 0 unspecified atom stereocenters. The van der Waals surface area contributed by atoms with Crippen molar-refractivity contribution >= 4 is 56.2 Å². The Morgan fingerprint density at radius 2 is 1.84 bits per heavy atom. The summed E-state index contributed by atoms with van der Waals surface area (Å²) in [5.41, 5.74) is 0.203. The molecule has 2 heterocycles. The zero-order valence-electron chi connectivity index (χ0n) is 15.7. The number of benzene rings is 2. The molecular weight excluding hydrogens is 462 g/mol. The van der Waals surface area contributed by atoms with Gasteiger partial charge in [0.05, 0.1) is 38.9 Å². The Morgan fingerprint density at radius 3 is 2.52 bits per heavy atom. The molecule has 0 fully saturated rings. The summed E-state index contributed by atoms with van der Waals surface area (Å²) in [6, 6.07) is 12.4. The number of hydrogen-bond donors (Lipinski definition) is 1. The van der Waals surface area contributed by atoms with Crippen molar-refractivity contribution in [2.45, 2.75) is 17.1 Å². The van der Waals surface area contributed by atoms with E-state index in [1.165, 1.54) is 23.6 Å². The van der Waals surface area contributed by atoms with Crippen LogP contribution in [-0.4, -0.2) is 31.3 Å². The molecule has 2 aromatic carbocycles. The molecule has 0 bridgehead atoms. The molecule has 0 saturated carbocycles. The van der Waals surface area contributed by atoms with Crippen molar-refractivity contribution in [2.75, 3.05) is 4.90 Å². The fourth-order valence-electron chi connectivity index (χ4n) is 3.34. The van der Waals surface area contributed by atoms with Crippen LogP contribution in [0.1, 0.15) is 31.2 Å². The number of hydrogen-bond acceptors (Lipinski definition) is 6. The molecule has 7 nitrogen and oxygen atoms in total. The Labute approximate surface area is 186 Å². The number of rotatable bonds is 5. The summed E-state index contributed by atoms with van der Waals surface area (Å²) in [6.07, 6.45) is -0.184. The predicted molar refractivity (Wildman–Crippen MR) is 116 cm³/mol. The Balaban J connectivity index is 1.76. The average molecular weight is 476 g/mol. The van der Waals surface area contributed by atoms with Crippen LogP contribution < -0.4 is 4.90 Å². The fraction of sp³-hybridized carbons (Fsp3) is 0.0952. The average Bonchev–Trinajstić information content (AvgIpc) is 3.14. The molecule has 3 aromatic rings. The molecule has 0 spiro atoms. The highest BCUT2D eigenvalue weighted by atomic mass is 35.5. The van der Waals surface area contributed by atoms with Crippen LogP contribution in [-0.2, 0) is 26.8 Å². The van der Waals surface area contributed by atoms with Crippen LogP contribution in [0.4, 0.5) is 5.69 Å². The molecule has 4 rings (SSSR count). The van der Waals surface area contributed by atoms with Gasteiger partial charge in [-0.2, -0.15) is 0 Å². The lowest BCUT2D eigenvalue weighted by molar-refractivity contribution is -0.117. The standard InChI is InChI=1S/C21H14ClNO6S2/c22-15-7-6-13(31(28,29)11-12-4-2-1-3-5-12)8-16(15)23-18(24)9-17-19(20(23)25)14(10-30-17)21(26)27/h1-8,10H,9,11H2,(H,26,27). The SMILES string of the molecule is O=C(O)c1csc2c1C(=O)N(c1cc(S(=O)(=O)Cc3ccccc3)ccc1Cl)C(=O)C2. The van der Waals surface area contributed by atoms with Crippen molar-refractivity contribution in [3.63, 3.8) is 0 Å². The Hall–Kier alpha value is -3.01. The maximum atomic E-state index is 13.1. The first kappa shape index (κ1) is 21.2. The largest absolute Gasteiger partial charge is 0.478 e. The monoisotopic (exact) mass is 475 g/mol. The first-order chi connectivity index (χ1) is 14.7. The van der Waals surface area contributed by atoms with Gasteiger partial charge in [0.15, 0.2) is 9.84 Å². The van der Waals surface area contributed by atoms with Crippen LogP contribution in [0, 0.1) is 0 Å². The molecule has 1 aromatic heterocycles. The van der Waals surface area contributed by atoms with Crippen LogP contribution in [0.5, 0.6) is 0 Å². The lowest BCUT2D eigenvalue weighted by Crippen LogP contribution is -2.42. The molecule has 158 valence electrons. The van der Waals surface area contributed by atoms with Gasteiger partial charge in [-0.05, 0) is 23.8 Å². The fourth-order valence-corrected chi connectivity index (χ4v) is 5.91. The number of thiophene rings is 1. The van der Waals surface area contributed by atoms with Crippen molar-refractivity contribution in [2.24, 2.45) is 0 Å². The Bertz CT molecular complexity index is 1330. The molecule has 31 heavy (non-hydrogen) atoms. The molecule has 10 heteroatoms. The molecule has 1 aliphatic rings. The van der Waals surface area contributed by atoms with Crippen LogP contribution in [0.2, 0.25) is 5.02 Å². The Morgan fingerprint density at radius 1 is 1.13 bits per heavy atom. The van der Waals surface area contributed by atoms with E-state index >= 15 is 0 Å². The maximum absolute atomic E-state index is 13.1. The number of halogens is 1. The van der Waals surface area contributed by atoms with Gasteiger partial charge < -0.3 is 5.11 Å². The van der Waals surface area contributed by atoms with Crippen LogP contribution in [0.25, 0.3) is 0 Å². The minimum atomic E-state index is -3.80. The van der Waals surface area contributed by atoms with Gasteiger partial charge in [-0.1, -0.05) is 41.9 Å². The van der Waals surface area contributed by atoms with Crippen molar-refractivity contribution in [3.8, 4) is 0 Å². The number of fused-ring (bicyclic) bond motifs is 1. The van der Waals surface area contributed by atoms with Gasteiger partial charge in [0.25, 0.3) is 5.91 Å². The first-order valence-electron chi connectivity index (χ1n) is 8.96. The minimum Gasteiger partial charge on any atom is -0.478 e. The highest BCUT2D eigenvalue weighted by molar-refractivity contribution is 7.90. The second-order valence-corrected chi connectivity index (χ2v) is 10.2. The van der Waals surface area contributed by atoms with E-state index < -0.39 is 27.6 Å². The molecule has 0 aliphatic carbocycles. The van der Waals surface area contributed by atoms with Crippen LogP contribution in [0.3, 0.4) is 0 Å². The van der Waals surface area contributed by atoms with E-state index in [1.807, 2.05) is 0 Å². The van der Waals surface area contributed by atoms with E-state index in [0.29, 0.717) is 10.4 Å². The lowest BCUT2D eigenvalue weighted by Gasteiger charge is -2.26. The number of aromatic carboxylic acids is 1. The topological polar surface area (TPSA) is 109 Å². The lowest BCUT2D eigenvalue weighted by atomic mass is 10.0. The zero-order chi connectivity index (χ0) is 22.3. The summed E-state index contributed by atoms with van der Waals surface area (Å²) in [4.78, 5) is 38.2. The highest BCUT2D eigenvalue weighted by Gasteiger charge is 2.38. The number of carbonyl (C=O) groups excluding carboxylic acids is 2. The number of carboxylic acids is 1. The molecule has 0 atom stereocenters. The minimum absolute atomic E-state index is 0.00378. The van der Waals surface area contributed by atoms with E-state index in [-0.39, 0.29) is 38.9 Å². The molecule has 1 aliphatic heterocycles.